The topological polar surface area (TPSA) is 106 Å². The maximum atomic E-state index is 16.2. The highest BCUT2D eigenvalue weighted by Gasteiger charge is 2.69. The predicted octanol–water partition coefficient (Wildman–Crippen LogP) is 5.85. The Kier molecular flexibility index (Phi) is 5.80. The normalized spacial score (nSPS) is 25.8. The van der Waals surface area contributed by atoms with E-state index in [1.807, 2.05) is 6.07 Å². The van der Waals surface area contributed by atoms with Crippen molar-refractivity contribution in [3.63, 3.8) is 0 Å². The molecule has 9 nitrogen and oxygen atoms in total. The van der Waals surface area contributed by atoms with Gasteiger partial charge in [0.05, 0.1) is 29.6 Å². The highest BCUT2D eigenvalue weighted by Crippen LogP contribution is 2.63. The van der Waals surface area contributed by atoms with Gasteiger partial charge in [-0.25, -0.2) is 13.9 Å². The summed E-state index contributed by atoms with van der Waals surface area (Å²) in [5.41, 5.74) is 0.668. The zero-order valence-corrected chi connectivity index (χ0v) is 24.3. The first-order valence-electron chi connectivity index (χ1n) is 14.0. The second kappa shape index (κ2) is 9.32. The quantitative estimate of drug-likeness (QED) is 0.288. The number of nitrogens with zero attached hydrogens (tertiary/aromatic N) is 3. The molecule has 4 aromatic rings. The Morgan fingerprint density at radius 2 is 2.05 bits per heavy atom. The van der Waals surface area contributed by atoms with Gasteiger partial charge in [0, 0.05) is 34.8 Å². The first-order valence-corrected chi connectivity index (χ1v) is 14.8. The number of likely N-dealkylation sites (tertiary alicyclic amines) is 1. The van der Waals surface area contributed by atoms with Gasteiger partial charge < -0.3 is 19.9 Å². The van der Waals surface area contributed by atoms with Crippen LogP contribution in [-0.4, -0.2) is 58.0 Å². The maximum Gasteiger partial charge on any atom is 0.339 e. The predicted molar refractivity (Wildman–Crippen MR) is 157 cm³/mol. The average Bonchev–Trinajstić information content (AvgIpc) is 3.58. The number of hydrogen-bond acceptors (Lipinski definition) is 6. The van der Waals surface area contributed by atoms with Crippen LogP contribution in [0.2, 0.25) is 10.0 Å². The van der Waals surface area contributed by atoms with E-state index < -0.39 is 29.3 Å². The molecule has 2 fully saturated rings. The van der Waals surface area contributed by atoms with Crippen molar-refractivity contribution in [3.8, 4) is 11.6 Å². The fourth-order valence-electron chi connectivity index (χ4n) is 7.45. The van der Waals surface area contributed by atoms with Gasteiger partial charge in [0.25, 0.3) is 0 Å². The number of methoxy groups -OCH3 is 1. The van der Waals surface area contributed by atoms with Gasteiger partial charge in [-0.2, -0.15) is 5.10 Å². The molecule has 1 aromatic heterocycles. The minimum Gasteiger partial charge on any atom is -0.496 e. The summed E-state index contributed by atoms with van der Waals surface area (Å²) in [6, 6.07) is 12.2. The van der Waals surface area contributed by atoms with Crippen molar-refractivity contribution in [2.24, 2.45) is 5.92 Å². The molecule has 0 radical (unpaired) electrons. The third kappa shape index (κ3) is 3.63. The molecule has 1 spiro atoms. The number of aromatic nitrogens is 2. The number of nitrogens with one attached hydrogen (secondary N) is 1. The van der Waals surface area contributed by atoms with Gasteiger partial charge >= 0.3 is 5.97 Å². The maximum absolute atomic E-state index is 16.2. The number of carboxylic acid groups (broad SMARTS) is 1. The lowest BCUT2D eigenvalue weighted by atomic mass is 9.73. The van der Waals surface area contributed by atoms with Crippen molar-refractivity contribution in [3.05, 3.63) is 81.1 Å². The number of carboxylic acids is 1. The Balaban J connectivity index is 1.43. The summed E-state index contributed by atoms with van der Waals surface area (Å²) in [6.07, 6.45) is 2.07. The van der Waals surface area contributed by atoms with Gasteiger partial charge in [0.2, 0.25) is 11.8 Å². The van der Waals surface area contributed by atoms with Crippen LogP contribution in [-0.2, 0) is 10.3 Å². The molecule has 1 saturated heterocycles. The van der Waals surface area contributed by atoms with Crippen LogP contribution in [0.25, 0.3) is 10.9 Å². The van der Waals surface area contributed by atoms with Crippen LogP contribution >= 0.6 is 23.2 Å². The minimum atomic E-state index is -1.32. The number of hydrogen-bond donors (Lipinski definition) is 2. The summed E-state index contributed by atoms with van der Waals surface area (Å²) in [6.45, 7) is 0.787. The summed E-state index contributed by atoms with van der Waals surface area (Å²) >= 11 is 12.7. The van der Waals surface area contributed by atoms with Gasteiger partial charge in [0.15, 0.2) is 0 Å². The Morgan fingerprint density at radius 3 is 2.79 bits per heavy atom. The van der Waals surface area contributed by atoms with Crippen molar-refractivity contribution in [2.75, 3.05) is 25.6 Å². The molecule has 8 rings (SSSR count). The van der Waals surface area contributed by atoms with E-state index in [1.54, 1.807) is 35.0 Å². The largest absolute Gasteiger partial charge is 0.496 e. The van der Waals surface area contributed by atoms with E-state index in [9.17, 15) is 14.7 Å². The summed E-state index contributed by atoms with van der Waals surface area (Å²) < 4.78 is 29.6. The number of amides is 1. The van der Waals surface area contributed by atoms with Gasteiger partial charge in [-0.15, -0.1) is 0 Å². The molecule has 4 aliphatic rings. The van der Waals surface area contributed by atoms with Gasteiger partial charge in [-0.3, -0.25) is 9.69 Å². The van der Waals surface area contributed by atoms with Crippen molar-refractivity contribution in [1.82, 2.24) is 14.7 Å². The molecule has 0 unspecified atom stereocenters. The third-order valence-corrected chi connectivity index (χ3v) is 9.90. The molecule has 2 N–H and O–H groups in total. The van der Waals surface area contributed by atoms with Crippen LogP contribution in [0.1, 0.15) is 46.3 Å². The molecule has 4 heterocycles. The zero-order valence-electron chi connectivity index (χ0n) is 22.8. The molecular weight excluding hydrogens is 598 g/mol. The fraction of sp³-hybridized carbons (Fsp3) is 0.323. The van der Waals surface area contributed by atoms with Crippen LogP contribution in [0.3, 0.4) is 0 Å². The zero-order chi connectivity index (χ0) is 29.8. The Hall–Kier alpha value is -3.86. The molecule has 1 aliphatic carbocycles. The third-order valence-electron chi connectivity index (χ3n) is 9.37. The average molecular weight is 623 g/mol. The molecule has 43 heavy (non-hydrogen) atoms. The number of ether oxygens (including phenoxy) is 2. The molecule has 12 heteroatoms. The highest BCUT2D eigenvalue weighted by atomic mass is 35.5. The second-order valence-electron chi connectivity index (χ2n) is 11.6. The number of aromatic carboxylic acids is 1. The lowest BCUT2D eigenvalue weighted by molar-refractivity contribution is -0.128. The van der Waals surface area contributed by atoms with E-state index in [0.717, 1.165) is 12.8 Å². The standard InChI is InChI=1S/C31H25Cl2FN4O5/c1-42-24-11-21-17(10-18(24)29(39)40)28-38(36-21)27-23(13-43-28)37(12-14-5-6-14)31(25(27)16-3-2-4-20(33)26(16)34)19-8-7-15(32)9-22(19)35-30(31)41/h2-4,7-11,14,23,25,27H,5-6,12-13H2,1H3,(H,35,41)(H,39,40)/t23-,25-,27+,31+/m1/s1. The van der Waals surface area contributed by atoms with Crippen LogP contribution < -0.4 is 14.8 Å². The van der Waals surface area contributed by atoms with Crippen LogP contribution in [0, 0.1) is 11.7 Å². The molecule has 3 aliphatic heterocycles. The van der Waals surface area contributed by atoms with Crippen LogP contribution in [0.4, 0.5) is 10.1 Å². The number of halogens is 3. The summed E-state index contributed by atoms with van der Waals surface area (Å²) in [5, 5.41) is 18.7. The summed E-state index contributed by atoms with van der Waals surface area (Å²) in [4.78, 5) is 28.7. The molecule has 3 aromatic carbocycles. The molecule has 1 amide bonds. The first kappa shape index (κ1) is 26.7. The van der Waals surface area contributed by atoms with Gasteiger partial charge in [-0.05, 0) is 48.6 Å². The molecule has 0 bridgehead atoms. The Bertz CT molecular complexity index is 1880. The number of fused-ring (bicyclic) bond motifs is 7. The van der Waals surface area contributed by atoms with Crippen LogP contribution in [0.15, 0.2) is 48.5 Å². The molecule has 4 atom stereocenters. The van der Waals surface area contributed by atoms with Crippen molar-refractivity contribution >= 4 is 51.7 Å². The van der Waals surface area contributed by atoms with Gasteiger partial charge in [0.1, 0.15) is 34.8 Å². The monoisotopic (exact) mass is 622 g/mol. The summed E-state index contributed by atoms with van der Waals surface area (Å²) in [5.74, 6) is -1.93. The molecule has 1 saturated carbocycles. The number of carbonyl (C=O) groups is 2. The first-order chi connectivity index (χ1) is 20.7. The fourth-order valence-corrected chi connectivity index (χ4v) is 7.81. The number of anilines is 1. The van der Waals surface area contributed by atoms with E-state index in [2.05, 4.69) is 10.2 Å². The Morgan fingerprint density at radius 1 is 1.23 bits per heavy atom. The van der Waals surface area contributed by atoms with Crippen molar-refractivity contribution in [1.29, 1.82) is 0 Å². The molecule has 220 valence electrons. The lowest BCUT2D eigenvalue weighted by Gasteiger charge is -2.39. The van der Waals surface area contributed by atoms with E-state index in [4.69, 9.17) is 37.8 Å². The van der Waals surface area contributed by atoms with Crippen molar-refractivity contribution in [2.45, 2.75) is 36.4 Å². The summed E-state index contributed by atoms with van der Waals surface area (Å²) in [7, 11) is 1.40. The molecular formula is C31H25Cl2FN4O5. The minimum absolute atomic E-state index is 0.0341. The van der Waals surface area contributed by atoms with Gasteiger partial charge in [-0.1, -0.05) is 41.4 Å². The van der Waals surface area contributed by atoms with Crippen molar-refractivity contribution < 1.29 is 28.6 Å². The second-order valence-corrected chi connectivity index (χ2v) is 12.5. The number of benzene rings is 3. The SMILES string of the molecule is COc1cc2nn3c(c2cc1C(=O)O)OC[C@@H]1[C@H]3[C@@H](c2cccc(Cl)c2F)[C@@]2(C(=O)Nc3cc(Cl)ccc32)N1CC1CC1. The van der Waals surface area contributed by atoms with Crippen LogP contribution in [0.5, 0.6) is 11.6 Å². The van der Waals surface area contributed by atoms with E-state index >= 15 is 4.39 Å². The highest BCUT2D eigenvalue weighted by molar-refractivity contribution is 6.31. The van der Waals surface area contributed by atoms with E-state index in [1.165, 1.54) is 19.2 Å². The number of carbonyl (C=O) groups excluding carboxylic acids is 1. The lowest BCUT2D eigenvalue weighted by Crippen LogP contribution is -2.54. The Labute approximate surface area is 255 Å². The smallest absolute Gasteiger partial charge is 0.339 e. The van der Waals surface area contributed by atoms with E-state index in [-0.39, 0.29) is 40.5 Å². The van der Waals surface area contributed by atoms with E-state index in [0.29, 0.717) is 45.5 Å². The number of rotatable bonds is 5.